The molecule has 0 fully saturated rings. The topological polar surface area (TPSA) is 87.1 Å². The molecule has 37 heavy (non-hydrogen) atoms. The number of aryl methyl sites for hydroxylation is 1. The van der Waals surface area contributed by atoms with Crippen molar-refractivity contribution < 1.29 is 27.4 Å². The molecule has 196 valence electrons. The fraction of sp³-hybridized carbons (Fsp3) is 0.296. The molecule has 0 spiro atoms. The molecule has 0 atom stereocenters. The number of ether oxygens (including phenoxy) is 3. The first-order valence-corrected chi connectivity index (χ1v) is 21.8. The molecule has 0 aliphatic carbocycles. The van der Waals surface area contributed by atoms with Crippen LogP contribution in [0.2, 0.25) is 9.88 Å². The third kappa shape index (κ3) is 4.41. The standard InChI is InChI=1S/C23H23N2O5S.C2H3O.2CH3.Sn/c1-5-25-19-9-7-6-8-17(19)18-14-16(10-11-20(18)25)31(26,27)24-15-12-21(28-2)23(30-4)22(13-15)29-3;1-2-3;;;/h6-14H,5H2,1-4H3;1H3;2*1H3;/q-1;;;;+1. The minimum absolute atomic E-state index is 0.115. The van der Waals surface area contributed by atoms with Crippen LogP contribution in [0.25, 0.3) is 21.8 Å². The van der Waals surface area contributed by atoms with Crippen LogP contribution in [-0.2, 0) is 21.4 Å². The number of fused-ring (bicyclic) bond motifs is 3. The zero-order chi connectivity index (χ0) is 27.1. The third-order valence-electron chi connectivity index (χ3n) is 6.85. The molecule has 0 amide bonds. The molecule has 0 radical (unpaired) electrons. The van der Waals surface area contributed by atoms with E-state index in [9.17, 15) is 13.2 Å². The van der Waals surface area contributed by atoms with Crippen LogP contribution in [0.4, 0.5) is 5.69 Å². The first-order chi connectivity index (χ1) is 17.5. The molecule has 0 aliphatic heterocycles. The van der Waals surface area contributed by atoms with Gasteiger partial charge < -0.3 is 0 Å². The average Bonchev–Trinajstić information content (AvgIpc) is 3.20. The van der Waals surface area contributed by atoms with Gasteiger partial charge in [0.1, 0.15) is 0 Å². The number of benzene rings is 3. The third-order valence-corrected chi connectivity index (χ3v) is 22.1. The molecule has 1 aromatic heterocycles. The number of hydrogen-bond acceptors (Lipinski definition) is 6. The van der Waals surface area contributed by atoms with Crippen molar-refractivity contribution in [1.82, 2.24) is 4.57 Å². The Kier molecular flexibility index (Phi) is 7.40. The normalized spacial score (nSPS) is 12.1. The number of methoxy groups -OCH3 is 3. The first-order valence-electron chi connectivity index (χ1n) is 11.9. The minimum atomic E-state index is -4.17. The van der Waals surface area contributed by atoms with Crippen LogP contribution in [0.3, 0.4) is 0 Å². The first kappa shape index (κ1) is 27.1. The van der Waals surface area contributed by atoms with Crippen LogP contribution in [0.1, 0.15) is 13.8 Å². The summed E-state index contributed by atoms with van der Waals surface area (Å²) in [5, 5.41) is 1.82. The van der Waals surface area contributed by atoms with E-state index in [1.807, 2.05) is 30.3 Å². The summed E-state index contributed by atoms with van der Waals surface area (Å²) in [6.45, 7) is 4.28. The molecular weight excluding hydrogens is 599 g/mol. The summed E-state index contributed by atoms with van der Waals surface area (Å²) in [7, 11) is 0.280. The van der Waals surface area contributed by atoms with Gasteiger partial charge in [-0.3, -0.25) is 0 Å². The fourth-order valence-electron chi connectivity index (χ4n) is 4.73. The van der Waals surface area contributed by atoms with Gasteiger partial charge in [-0.15, -0.1) is 0 Å². The molecule has 3 aromatic carbocycles. The van der Waals surface area contributed by atoms with Crippen molar-refractivity contribution in [1.29, 1.82) is 0 Å². The molecule has 0 bridgehead atoms. The molecule has 8 nitrogen and oxygen atoms in total. The van der Waals surface area contributed by atoms with Crippen molar-refractivity contribution in [3.8, 4) is 17.2 Å². The average molecular weight is 631 g/mol. The van der Waals surface area contributed by atoms with E-state index in [0.717, 1.165) is 28.4 Å². The summed E-state index contributed by atoms with van der Waals surface area (Å²) >= 11 is -4.17. The van der Waals surface area contributed by atoms with Crippen LogP contribution >= 0.6 is 0 Å². The molecule has 0 saturated heterocycles. The number of carbonyl (C=O) groups excluding carboxylic acids is 1. The monoisotopic (exact) mass is 632 g/mol. The summed E-state index contributed by atoms with van der Waals surface area (Å²) in [5.74, 6) is 0.962. The van der Waals surface area contributed by atoms with E-state index in [4.69, 9.17) is 14.2 Å². The molecule has 0 aliphatic rings. The number of hydrogen-bond donors (Lipinski definition) is 0. The summed E-state index contributed by atoms with van der Waals surface area (Å²) in [6.07, 6.45) is 0. The molecule has 10 heteroatoms. The predicted octanol–water partition coefficient (Wildman–Crippen LogP) is 5.37. The number of para-hydroxylation sites is 1. The van der Waals surface area contributed by atoms with Crippen LogP contribution in [0.15, 0.2) is 59.5 Å². The summed E-state index contributed by atoms with van der Waals surface area (Å²) < 4.78 is 48.6. The SMILES string of the molecule is CCn1c2ccccc2c2cc(S(=O)(=O)[N](c3cc(OC)c(OC)c(OC)c3)[Sn]([CH3])([CH3])[C](C)=O)ccc21. The molecule has 4 rings (SSSR count). The van der Waals surface area contributed by atoms with Crippen molar-refractivity contribution in [3.05, 3.63) is 54.6 Å². The Labute approximate surface area is 222 Å². The van der Waals surface area contributed by atoms with Crippen LogP contribution in [-0.4, -0.2) is 56.8 Å². The van der Waals surface area contributed by atoms with Gasteiger partial charge in [-0.1, -0.05) is 0 Å². The maximum absolute atomic E-state index is 14.4. The number of rotatable bonds is 9. The number of aromatic nitrogens is 1. The van der Waals surface area contributed by atoms with Crippen LogP contribution < -0.4 is 16.7 Å². The molecule has 0 saturated carbocycles. The second-order valence-corrected chi connectivity index (χ2v) is 24.1. The van der Waals surface area contributed by atoms with Gasteiger partial charge in [0.15, 0.2) is 0 Å². The number of carbonyl (C=O) groups is 1. The number of sulfonamides is 1. The number of nitrogens with zero attached hydrogens (tertiary/aromatic N) is 2. The van der Waals surface area contributed by atoms with Gasteiger partial charge in [0.2, 0.25) is 0 Å². The second-order valence-electron chi connectivity index (χ2n) is 9.21. The summed E-state index contributed by atoms with van der Waals surface area (Å²) in [5.41, 5.74) is 2.30. The van der Waals surface area contributed by atoms with Gasteiger partial charge in [-0.2, -0.15) is 0 Å². The maximum atomic E-state index is 14.4. The Morgan fingerprint density at radius 3 is 2.03 bits per heavy atom. The Morgan fingerprint density at radius 2 is 1.49 bits per heavy atom. The molecule has 4 aromatic rings. The van der Waals surface area contributed by atoms with Crippen molar-refractivity contribution in [2.75, 3.05) is 23.9 Å². The molecule has 1 heterocycles. The Bertz CT molecular complexity index is 1590. The van der Waals surface area contributed by atoms with Crippen molar-refractivity contribution >= 4 is 60.0 Å². The zero-order valence-electron chi connectivity index (χ0n) is 22.2. The van der Waals surface area contributed by atoms with E-state index in [-0.39, 0.29) is 8.69 Å². The van der Waals surface area contributed by atoms with E-state index in [1.165, 1.54) is 30.8 Å². The molecular formula is C27H32N2O6SSn. The van der Waals surface area contributed by atoms with Crippen molar-refractivity contribution in [2.24, 2.45) is 0 Å². The Morgan fingerprint density at radius 1 is 0.892 bits per heavy atom. The quantitative estimate of drug-likeness (QED) is 0.231. The van der Waals surface area contributed by atoms with Crippen LogP contribution in [0, 0.1) is 0 Å². The van der Waals surface area contributed by atoms with Gasteiger partial charge in [0, 0.05) is 0 Å². The van der Waals surface area contributed by atoms with E-state index < -0.39 is 28.7 Å². The second kappa shape index (κ2) is 10.1. The Balaban J connectivity index is 2.01. The van der Waals surface area contributed by atoms with Gasteiger partial charge in [0.25, 0.3) is 0 Å². The van der Waals surface area contributed by atoms with Crippen molar-refractivity contribution in [3.63, 3.8) is 0 Å². The Hall–Kier alpha value is -2.92. The van der Waals surface area contributed by atoms with E-state index in [0.29, 0.717) is 22.9 Å². The molecule has 0 N–H and O–H groups in total. The van der Waals surface area contributed by atoms with Crippen molar-refractivity contribution in [2.45, 2.75) is 35.2 Å². The predicted molar refractivity (Wildman–Crippen MR) is 149 cm³/mol. The van der Waals surface area contributed by atoms with E-state index in [1.54, 1.807) is 34.1 Å². The van der Waals surface area contributed by atoms with E-state index >= 15 is 0 Å². The van der Waals surface area contributed by atoms with Gasteiger partial charge >= 0.3 is 223 Å². The zero-order valence-corrected chi connectivity index (χ0v) is 25.8. The van der Waals surface area contributed by atoms with Gasteiger partial charge in [-0.05, 0) is 0 Å². The summed E-state index contributed by atoms with van der Waals surface area (Å²) in [4.78, 5) is 16.6. The van der Waals surface area contributed by atoms with Gasteiger partial charge in [-0.25, -0.2) is 0 Å². The van der Waals surface area contributed by atoms with E-state index in [2.05, 4.69) is 11.5 Å². The van der Waals surface area contributed by atoms with Gasteiger partial charge in [0.05, 0.1) is 0 Å². The van der Waals surface area contributed by atoms with Crippen LogP contribution in [0.5, 0.6) is 17.2 Å². The fourth-order valence-corrected chi connectivity index (χ4v) is 16.4. The molecule has 0 unspecified atom stereocenters. The summed E-state index contributed by atoms with van der Waals surface area (Å²) in [6, 6.07) is 16.3. The number of anilines is 1.